The van der Waals surface area contributed by atoms with Crippen molar-refractivity contribution < 1.29 is 14.3 Å². The second-order valence-corrected chi connectivity index (χ2v) is 9.62. The van der Waals surface area contributed by atoms with E-state index in [-0.39, 0.29) is 35.1 Å². The molecule has 0 aliphatic heterocycles. The van der Waals surface area contributed by atoms with Gasteiger partial charge in [0.15, 0.2) is 5.49 Å². The fraction of sp³-hybridized carbons (Fsp3) is 0.0882. The van der Waals surface area contributed by atoms with Gasteiger partial charge in [-0.3, -0.25) is 14.0 Å². The minimum Gasteiger partial charge on any atom is -0.462 e. The van der Waals surface area contributed by atoms with Crippen molar-refractivity contribution in [3.05, 3.63) is 148 Å². The van der Waals surface area contributed by atoms with E-state index in [4.69, 9.17) is 9.72 Å². The average Bonchev–Trinajstić information content (AvgIpc) is 3.03. The maximum Gasteiger partial charge on any atom is 0.341 e. The predicted octanol–water partition coefficient (Wildman–Crippen LogP) is 5.28. The van der Waals surface area contributed by atoms with Crippen LogP contribution in [0, 0.1) is 0 Å². The van der Waals surface area contributed by atoms with Crippen molar-refractivity contribution in [2.45, 2.75) is 13.5 Å². The Labute approximate surface area is 240 Å². The fourth-order valence-electron chi connectivity index (χ4n) is 4.87. The third kappa shape index (κ3) is 5.13. The van der Waals surface area contributed by atoms with Crippen LogP contribution in [-0.4, -0.2) is 32.4 Å². The number of carbonyl (C=O) groups is 2. The van der Waals surface area contributed by atoms with Crippen LogP contribution in [0.4, 0.5) is 0 Å². The fourth-order valence-corrected chi connectivity index (χ4v) is 4.87. The Bertz CT molecular complexity index is 2060. The van der Waals surface area contributed by atoms with E-state index >= 15 is 0 Å². The molecule has 0 spiro atoms. The van der Waals surface area contributed by atoms with Gasteiger partial charge in [0.05, 0.1) is 18.5 Å². The second kappa shape index (κ2) is 11.5. The van der Waals surface area contributed by atoms with Gasteiger partial charge in [0.25, 0.3) is 11.5 Å². The molecule has 0 N–H and O–H groups in total. The van der Waals surface area contributed by atoms with E-state index in [9.17, 15) is 14.4 Å². The van der Waals surface area contributed by atoms with Crippen molar-refractivity contribution in [1.29, 1.82) is 0 Å². The number of nitrogens with zero attached hydrogens (tertiary/aromatic N) is 4. The lowest BCUT2D eigenvalue weighted by molar-refractivity contribution is 0.0523. The van der Waals surface area contributed by atoms with Gasteiger partial charge in [-0.25, -0.2) is 9.78 Å². The number of esters is 1. The molecule has 6 aromatic rings. The molecule has 0 atom stereocenters. The topological polar surface area (TPSA) is 95.0 Å². The van der Waals surface area contributed by atoms with E-state index in [2.05, 4.69) is 4.99 Å². The standard InChI is InChI=1S/C34H26N4O4/c1-2-42-34(41)28-21-27-30(35-29-15-9-10-20-37(29)33(27)40)38(22-23-11-5-3-6-12-23)31(28)36-32(39)26-18-16-25(17-19-26)24-13-7-4-8-14-24/h3-21H,2,22H2,1H3. The number of ether oxygens (including phenoxy) is 1. The number of aromatic nitrogens is 3. The average molecular weight is 555 g/mol. The summed E-state index contributed by atoms with van der Waals surface area (Å²) in [4.78, 5) is 49.7. The molecule has 206 valence electrons. The van der Waals surface area contributed by atoms with E-state index in [0.29, 0.717) is 16.9 Å². The minimum absolute atomic E-state index is 0.00400. The van der Waals surface area contributed by atoms with Crippen LogP contribution in [0.3, 0.4) is 0 Å². The molecule has 3 heterocycles. The summed E-state index contributed by atoms with van der Waals surface area (Å²) in [6, 6.07) is 33.1. The molecule has 3 aromatic carbocycles. The number of amides is 1. The highest BCUT2D eigenvalue weighted by Crippen LogP contribution is 2.20. The lowest BCUT2D eigenvalue weighted by Gasteiger charge is -2.15. The molecule has 1 amide bonds. The molecule has 0 bridgehead atoms. The zero-order chi connectivity index (χ0) is 29.1. The molecule has 0 radical (unpaired) electrons. The van der Waals surface area contributed by atoms with Gasteiger partial charge in [-0.2, -0.15) is 4.99 Å². The van der Waals surface area contributed by atoms with Crippen molar-refractivity contribution in [2.75, 3.05) is 6.61 Å². The SMILES string of the molecule is CCOC(=O)c1cc2c(=O)n3ccccc3nc2n(Cc2ccccc2)c1=NC(=O)c1ccc(-c2ccccc2)cc1. The maximum atomic E-state index is 13.6. The first-order valence-corrected chi connectivity index (χ1v) is 13.5. The number of pyridine rings is 2. The summed E-state index contributed by atoms with van der Waals surface area (Å²) in [5, 5.41) is 0.205. The minimum atomic E-state index is -0.690. The number of carbonyl (C=O) groups excluding carboxylic acids is 2. The van der Waals surface area contributed by atoms with E-state index in [1.807, 2.05) is 72.8 Å². The highest BCUT2D eigenvalue weighted by molar-refractivity contribution is 5.97. The molecule has 0 unspecified atom stereocenters. The first-order valence-electron chi connectivity index (χ1n) is 13.5. The monoisotopic (exact) mass is 554 g/mol. The van der Waals surface area contributed by atoms with Crippen LogP contribution in [0.15, 0.2) is 125 Å². The number of hydrogen-bond donors (Lipinski definition) is 0. The van der Waals surface area contributed by atoms with Crippen molar-refractivity contribution in [3.8, 4) is 11.1 Å². The lowest BCUT2D eigenvalue weighted by atomic mass is 10.0. The molecule has 0 aliphatic rings. The normalized spacial score (nSPS) is 11.6. The predicted molar refractivity (Wildman–Crippen MR) is 160 cm³/mol. The second-order valence-electron chi connectivity index (χ2n) is 9.62. The molecule has 0 fully saturated rings. The molecule has 6 rings (SSSR count). The first-order chi connectivity index (χ1) is 20.5. The van der Waals surface area contributed by atoms with Crippen LogP contribution in [0.1, 0.15) is 33.2 Å². The Kier molecular flexibility index (Phi) is 7.26. The van der Waals surface area contributed by atoms with Gasteiger partial charge in [-0.15, -0.1) is 0 Å². The molecule has 42 heavy (non-hydrogen) atoms. The Morgan fingerprint density at radius 1 is 0.833 bits per heavy atom. The molecular formula is C34H26N4O4. The largest absolute Gasteiger partial charge is 0.462 e. The summed E-state index contributed by atoms with van der Waals surface area (Å²) in [5.74, 6) is -1.23. The van der Waals surface area contributed by atoms with Crippen molar-refractivity contribution >= 4 is 28.6 Å². The van der Waals surface area contributed by atoms with Crippen molar-refractivity contribution in [3.63, 3.8) is 0 Å². The van der Waals surface area contributed by atoms with Crippen LogP contribution in [-0.2, 0) is 11.3 Å². The number of fused-ring (bicyclic) bond motifs is 2. The van der Waals surface area contributed by atoms with Crippen molar-refractivity contribution in [1.82, 2.24) is 14.0 Å². The Morgan fingerprint density at radius 2 is 1.50 bits per heavy atom. The quantitative estimate of drug-likeness (QED) is 0.206. The van der Waals surface area contributed by atoms with Crippen LogP contribution in [0.5, 0.6) is 0 Å². The summed E-state index contributed by atoms with van der Waals surface area (Å²) in [6.45, 7) is 2.01. The molecule has 8 heteroatoms. The Hall–Kier alpha value is -5.63. The van der Waals surface area contributed by atoms with Crippen LogP contribution in [0.25, 0.3) is 27.8 Å². The van der Waals surface area contributed by atoms with Gasteiger partial charge in [0.2, 0.25) is 0 Å². The Balaban J connectivity index is 1.60. The number of hydrogen-bond acceptors (Lipinski definition) is 5. The molecule has 0 saturated carbocycles. The number of rotatable bonds is 6. The van der Waals surface area contributed by atoms with Crippen LogP contribution in [0.2, 0.25) is 0 Å². The summed E-state index contributed by atoms with van der Waals surface area (Å²) in [7, 11) is 0. The van der Waals surface area contributed by atoms with Crippen LogP contribution >= 0.6 is 0 Å². The summed E-state index contributed by atoms with van der Waals surface area (Å²) >= 11 is 0. The molecule has 0 aliphatic carbocycles. The summed E-state index contributed by atoms with van der Waals surface area (Å²) in [6.07, 6.45) is 1.62. The van der Waals surface area contributed by atoms with Crippen LogP contribution < -0.4 is 11.0 Å². The third-order valence-corrected chi connectivity index (χ3v) is 6.92. The smallest absolute Gasteiger partial charge is 0.341 e. The number of benzene rings is 3. The third-order valence-electron chi connectivity index (χ3n) is 6.92. The van der Waals surface area contributed by atoms with E-state index in [0.717, 1.165) is 16.7 Å². The summed E-state index contributed by atoms with van der Waals surface area (Å²) in [5.41, 5.74) is 3.65. The van der Waals surface area contributed by atoms with Gasteiger partial charge < -0.3 is 9.30 Å². The van der Waals surface area contributed by atoms with Crippen molar-refractivity contribution in [2.24, 2.45) is 4.99 Å². The van der Waals surface area contributed by atoms with Gasteiger partial charge in [-0.1, -0.05) is 78.9 Å². The van der Waals surface area contributed by atoms with E-state index in [1.54, 1.807) is 48.0 Å². The zero-order valence-corrected chi connectivity index (χ0v) is 22.8. The highest BCUT2D eigenvalue weighted by atomic mass is 16.5. The Morgan fingerprint density at radius 3 is 2.21 bits per heavy atom. The molecule has 0 saturated heterocycles. The highest BCUT2D eigenvalue weighted by Gasteiger charge is 2.20. The van der Waals surface area contributed by atoms with Gasteiger partial charge in [0, 0.05) is 11.8 Å². The zero-order valence-electron chi connectivity index (χ0n) is 22.8. The van der Waals surface area contributed by atoms with E-state index < -0.39 is 11.9 Å². The maximum absolute atomic E-state index is 13.6. The van der Waals surface area contributed by atoms with Gasteiger partial charge in [0.1, 0.15) is 16.9 Å². The van der Waals surface area contributed by atoms with E-state index in [1.165, 1.54) is 10.5 Å². The molecule has 3 aromatic heterocycles. The first kappa shape index (κ1) is 26.6. The van der Waals surface area contributed by atoms with Gasteiger partial charge in [-0.05, 0) is 53.9 Å². The van der Waals surface area contributed by atoms with Gasteiger partial charge >= 0.3 is 5.97 Å². The lowest BCUT2D eigenvalue weighted by Crippen LogP contribution is -2.33. The molecule has 8 nitrogen and oxygen atoms in total. The molecular weight excluding hydrogens is 528 g/mol. The summed E-state index contributed by atoms with van der Waals surface area (Å²) < 4.78 is 8.41.